The maximum atomic E-state index is 12.8. The molecule has 0 spiro atoms. The van der Waals surface area contributed by atoms with Crippen molar-refractivity contribution in [2.75, 3.05) is 13.1 Å². The maximum absolute atomic E-state index is 12.8. The summed E-state index contributed by atoms with van der Waals surface area (Å²) in [7, 11) is 0. The number of likely N-dealkylation sites (tertiary alicyclic amines) is 1. The molecule has 1 saturated heterocycles. The summed E-state index contributed by atoms with van der Waals surface area (Å²) in [4.78, 5) is 14.6. The molecule has 0 radical (unpaired) electrons. The predicted molar refractivity (Wildman–Crippen MR) is 80.1 cm³/mol. The zero-order valence-corrected chi connectivity index (χ0v) is 13.7. The molecule has 2 rings (SSSR count). The molecule has 122 valence electrons. The van der Waals surface area contributed by atoms with Crippen molar-refractivity contribution in [3.63, 3.8) is 0 Å². The van der Waals surface area contributed by atoms with Gasteiger partial charge in [0, 0.05) is 30.8 Å². The molecule has 0 aromatic carbocycles. The van der Waals surface area contributed by atoms with Crippen LogP contribution in [0.1, 0.15) is 53.4 Å². The maximum Gasteiger partial charge on any atom is 0.239 e. The van der Waals surface area contributed by atoms with E-state index >= 15 is 0 Å². The van der Waals surface area contributed by atoms with Crippen LogP contribution in [0.25, 0.3) is 0 Å². The Morgan fingerprint density at radius 2 is 1.90 bits per heavy atom. The van der Waals surface area contributed by atoms with Gasteiger partial charge in [-0.2, -0.15) is 0 Å². The normalized spacial score (nSPS) is 32.4. The van der Waals surface area contributed by atoms with Gasteiger partial charge in [0.25, 0.3) is 0 Å². The lowest BCUT2D eigenvalue weighted by Gasteiger charge is -2.50. The Morgan fingerprint density at radius 1 is 1.29 bits per heavy atom. The molecule has 0 bridgehead atoms. The molecule has 2 aliphatic rings. The Hall–Kier alpha value is -0.670. The Labute approximate surface area is 127 Å². The molecule has 2 nitrogen and oxygen atoms in total. The van der Waals surface area contributed by atoms with E-state index in [-0.39, 0.29) is 23.7 Å². The number of halogens is 2. The van der Waals surface area contributed by atoms with Gasteiger partial charge in [0.15, 0.2) is 0 Å². The number of hydrogen-bond acceptors (Lipinski definition) is 1. The number of rotatable bonds is 4. The van der Waals surface area contributed by atoms with Gasteiger partial charge in [-0.3, -0.25) is 4.79 Å². The van der Waals surface area contributed by atoms with Crippen molar-refractivity contribution in [2.24, 2.45) is 29.1 Å². The first-order valence-electron chi connectivity index (χ1n) is 8.29. The van der Waals surface area contributed by atoms with Gasteiger partial charge in [0.05, 0.1) is 0 Å². The van der Waals surface area contributed by atoms with E-state index in [0.717, 1.165) is 12.8 Å². The fourth-order valence-corrected chi connectivity index (χ4v) is 4.25. The smallest absolute Gasteiger partial charge is 0.239 e. The van der Waals surface area contributed by atoms with E-state index < -0.39 is 6.43 Å². The monoisotopic (exact) mass is 301 g/mol. The van der Waals surface area contributed by atoms with Crippen molar-refractivity contribution in [1.82, 2.24) is 4.90 Å². The SMILES string of the molecule is CC(C)[C@@H]1CC[C@@H](C)C[C@H]1C(=O)N1CC(C)(CC(F)F)C1. The van der Waals surface area contributed by atoms with Gasteiger partial charge in [-0.15, -0.1) is 0 Å². The van der Waals surface area contributed by atoms with Crippen LogP contribution in [-0.2, 0) is 4.79 Å². The highest BCUT2D eigenvalue weighted by Crippen LogP contribution is 2.42. The topological polar surface area (TPSA) is 20.3 Å². The summed E-state index contributed by atoms with van der Waals surface area (Å²) < 4.78 is 25.1. The number of alkyl halides is 2. The lowest BCUT2D eigenvalue weighted by molar-refractivity contribution is -0.154. The number of carbonyl (C=O) groups is 1. The van der Waals surface area contributed by atoms with E-state index in [0.29, 0.717) is 30.8 Å². The first-order chi connectivity index (χ1) is 9.72. The van der Waals surface area contributed by atoms with Crippen LogP contribution in [0.2, 0.25) is 0 Å². The van der Waals surface area contributed by atoms with E-state index in [9.17, 15) is 13.6 Å². The third-order valence-corrected chi connectivity index (χ3v) is 5.44. The second kappa shape index (κ2) is 6.21. The zero-order chi connectivity index (χ0) is 15.8. The third kappa shape index (κ3) is 3.75. The molecule has 21 heavy (non-hydrogen) atoms. The molecule has 0 aromatic rings. The van der Waals surface area contributed by atoms with Crippen LogP contribution in [0.3, 0.4) is 0 Å². The van der Waals surface area contributed by atoms with Crippen LogP contribution in [0.5, 0.6) is 0 Å². The van der Waals surface area contributed by atoms with Crippen molar-refractivity contribution in [2.45, 2.75) is 59.8 Å². The minimum Gasteiger partial charge on any atom is -0.341 e. The minimum atomic E-state index is -2.27. The summed E-state index contributed by atoms with van der Waals surface area (Å²) >= 11 is 0. The van der Waals surface area contributed by atoms with Crippen LogP contribution < -0.4 is 0 Å². The molecule has 0 aromatic heterocycles. The summed E-state index contributed by atoms with van der Waals surface area (Å²) in [5.74, 6) is 1.88. The van der Waals surface area contributed by atoms with Gasteiger partial charge < -0.3 is 4.90 Å². The van der Waals surface area contributed by atoms with E-state index in [2.05, 4.69) is 20.8 Å². The number of nitrogens with zero attached hydrogens (tertiary/aromatic N) is 1. The van der Waals surface area contributed by atoms with Crippen LogP contribution in [-0.4, -0.2) is 30.3 Å². The first-order valence-corrected chi connectivity index (χ1v) is 8.29. The van der Waals surface area contributed by atoms with Crippen LogP contribution >= 0.6 is 0 Å². The van der Waals surface area contributed by atoms with E-state index in [1.807, 2.05) is 11.8 Å². The largest absolute Gasteiger partial charge is 0.341 e. The van der Waals surface area contributed by atoms with Crippen molar-refractivity contribution in [1.29, 1.82) is 0 Å². The van der Waals surface area contributed by atoms with Gasteiger partial charge in [0.1, 0.15) is 0 Å². The van der Waals surface area contributed by atoms with Crippen molar-refractivity contribution in [3.05, 3.63) is 0 Å². The Bertz CT molecular complexity index is 377. The van der Waals surface area contributed by atoms with Crippen molar-refractivity contribution >= 4 is 5.91 Å². The molecule has 4 heteroatoms. The number of carbonyl (C=O) groups excluding carboxylic acids is 1. The fraction of sp³-hybridized carbons (Fsp3) is 0.941. The molecule has 3 atom stereocenters. The van der Waals surface area contributed by atoms with E-state index in [1.165, 1.54) is 6.42 Å². The molecule has 2 fully saturated rings. The third-order valence-electron chi connectivity index (χ3n) is 5.44. The Morgan fingerprint density at radius 3 is 2.43 bits per heavy atom. The van der Waals surface area contributed by atoms with Crippen LogP contribution in [0.15, 0.2) is 0 Å². The van der Waals surface area contributed by atoms with Gasteiger partial charge in [-0.25, -0.2) is 8.78 Å². The molecule has 1 saturated carbocycles. The summed E-state index contributed by atoms with van der Waals surface area (Å²) in [5, 5.41) is 0. The Kier molecular flexibility index (Phi) is 4.94. The molecular weight excluding hydrogens is 272 g/mol. The molecule has 1 heterocycles. The van der Waals surface area contributed by atoms with Crippen molar-refractivity contribution in [3.8, 4) is 0 Å². The minimum absolute atomic E-state index is 0.0918. The van der Waals surface area contributed by atoms with Gasteiger partial charge >= 0.3 is 0 Å². The van der Waals surface area contributed by atoms with Gasteiger partial charge in [-0.05, 0) is 30.6 Å². The van der Waals surface area contributed by atoms with Crippen molar-refractivity contribution < 1.29 is 13.6 Å². The summed E-state index contributed by atoms with van der Waals surface area (Å²) in [5.41, 5.74) is -0.378. The second-order valence-electron chi connectivity index (χ2n) is 8.03. The lowest BCUT2D eigenvalue weighted by atomic mass is 9.68. The number of amides is 1. The second-order valence-corrected chi connectivity index (χ2v) is 8.03. The van der Waals surface area contributed by atoms with Crippen LogP contribution in [0.4, 0.5) is 8.78 Å². The lowest BCUT2D eigenvalue weighted by Crippen LogP contribution is -2.60. The molecule has 0 unspecified atom stereocenters. The predicted octanol–water partition coefficient (Wildman–Crippen LogP) is 4.20. The number of hydrogen-bond donors (Lipinski definition) is 0. The average Bonchev–Trinajstić information content (AvgIpc) is 2.33. The highest BCUT2D eigenvalue weighted by atomic mass is 19.3. The zero-order valence-electron chi connectivity index (χ0n) is 13.7. The molecule has 1 aliphatic carbocycles. The molecule has 1 aliphatic heterocycles. The quantitative estimate of drug-likeness (QED) is 0.762. The molecule has 0 N–H and O–H groups in total. The average molecular weight is 301 g/mol. The first kappa shape index (κ1) is 16.7. The molecule has 1 amide bonds. The highest BCUT2D eigenvalue weighted by Gasteiger charge is 2.46. The Balaban J connectivity index is 1.96. The summed E-state index contributed by atoms with van der Waals surface area (Å²) in [6.45, 7) is 9.48. The van der Waals surface area contributed by atoms with E-state index in [1.54, 1.807) is 0 Å². The van der Waals surface area contributed by atoms with Gasteiger partial charge in [0.2, 0.25) is 12.3 Å². The standard InChI is InChI=1S/C17H29F2NO/c1-11(2)13-6-5-12(3)7-14(13)16(21)20-9-17(4,10-20)8-15(18)19/h11-15H,5-10H2,1-4H3/t12-,13+,14-/m1/s1. The summed E-state index contributed by atoms with van der Waals surface area (Å²) in [6, 6.07) is 0. The fourth-order valence-electron chi connectivity index (χ4n) is 4.25. The van der Waals surface area contributed by atoms with Crippen LogP contribution in [0, 0.1) is 29.1 Å². The van der Waals surface area contributed by atoms with Gasteiger partial charge in [-0.1, -0.05) is 34.1 Å². The summed E-state index contributed by atoms with van der Waals surface area (Å²) in [6.07, 6.45) is 0.924. The molecular formula is C17H29F2NO. The highest BCUT2D eigenvalue weighted by molar-refractivity contribution is 5.80. The van der Waals surface area contributed by atoms with E-state index in [4.69, 9.17) is 0 Å².